The minimum Gasteiger partial charge on any atom is -0.356 e. The Morgan fingerprint density at radius 3 is 2.37 bits per heavy atom. The van der Waals surface area contributed by atoms with E-state index in [-0.39, 0.29) is 0 Å². The molecule has 0 aromatic heterocycles. The first-order chi connectivity index (χ1) is 12.9. The summed E-state index contributed by atoms with van der Waals surface area (Å²) < 4.78 is 24.8. The van der Waals surface area contributed by atoms with Gasteiger partial charge in [0, 0.05) is 52.4 Å². The number of guanidine groups is 1. The van der Waals surface area contributed by atoms with Crippen molar-refractivity contribution in [2.75, 3.05) is 52.6 Å². The Hall–Kier alpha value is -0.860. The number of nitrogens with zero attached hydrogens (tertiary/aromatic N) is 3. The first-order valence-electron chi connectivity index (χ1n) is 10.6. The van der Waals surface area contributed by atoms with Gasteiger partial charge in [-0.25, -0.2) is 12.7 Å². The Kier molecular flexibility index (Phi) is 7.39. The molecule has 1 atom stereocenters. The fourth-order valence-electron chi connectivity index (χ4n) is 4.75. The van der Waals surface area contributed by atoms with Gasteiger partial charge in [-0.1, -0.05) is 12.8 Å². The van der Waals surface area contributed by atoms with E-state index < -0.39 is 10.0 Å². The first kappa shape index (κ1) is 20.9. The molecule has 8 heteroatoms. The van der Waals surface area contributed by atoms with Crippen molar-refractivity contribution < 1.29 is 8.42 Å². The van der Waals surface area contributed by atoms with Gasteiger partial charge < -0.3 is 15.5 Å². The summed E-state index contributed by atoms with van der Waals surface area (Å²) in [4.78, 5) is 7.00. The summed E-state index contributed by atoms with van der Waals surface area (Å²) >= 11 is 0. The monoisotopic (exact) mass is 399 g/mol. The molecular formula is C19H37N5O2S. The highest BCUT2D eigenvalue weighted by atomic mass is 32.2. The quantitative estimate of drug-likeness (QED) is 0.516. The van der Waals surface area contributed by atoms with E-state index in [1.807, 2.05) is 7.05 Å². The first-order valence-corrected chi connectivity index (χ1v) is 12.4. The maximum atomic E-state index is 11.6. The standard InChI is InChI=1S/C19H37N5O2S/c1-20-19(21-13-16-7-11-24(12-8-16)27(2,25)26)22-18-9-10-23(15-18)14-17-5-3-4-6-17/h16-18H,3-15H2,1-2H3,(H2,20,21,22). The van der Waals surface area contributed by atoms with Crippen LogP contribution in [0.5, 0.6) is 0 Å². The number of nitrogens with one attached hydrogen (secondary N) is 2. The molecule has 156 valence electrons. The molecule has 2 saturated heterocycles. The van der Waals surface area contributed by atoms with Crippen molar-refractivity contribution in [1.29, 1.82) is 0 Å². The molecule has 0 spiro atoms. The van der Waals surface area contributed by atoms with E-state index >= 15 is 0 Å². The number of aliphatic imine (C=N–C) groups is 1. The number of piperidine rings is 1. The van der Waals surface area contributed by atoms with E-state index in [2.05, 4.69) is 20.5 Å². The predicted octanol–water partition coefficient (Wildman–Crippen LogP) is 1.09. The van der Waals surface area contributed by atoms with Gasteiger partial charge in [0.25, 0.3) is 0 Å². The van der Waals surface area contributed by atoms with Gasteiger partial charge in [0.15, 0.2) is 5.96 Å². The van der Waals surface area contributed by atoms with E-state index in [1.54, 1.807) is 4.31 Å². The Morgan fingerprint density at radius 1 is 1.04 bits per heavy atom. The summed E-state index contributed by atoms with van der Waals surface area (Å²) in [6.07, 6.45) is 9.96. The lowest BCUT2D eigenvalue weighted by Crippen LogP contribution is -2.47. The van der Waals surface area contributed by atoms with E-state index in [1.165, 1.54) is 51.4 Å². The van der Waals surface area contributed by atoms with Crippen LogP contribution in [0.25, 0.3) is 0 Å². The lowest BCUT2D eigenvalue weighted by molar-refractivity contribution is 0.272. The second-order valence-electron chi connectivity index (χ2n) is 8.60. The smallest absolute Gasteiger partial charge is 0.211 e. The molecule has 1 unspecified atom stereocenters. The van der Waals surface area contributed by atoms with Crippen LogP contribution in [0.15, 0.2) is 4.99 Å². The average molecular weight is 400 g/mol. The fraction of sp³-hybridized carbons (Fsp3) is 0.947. The molecule has 2 N–H and O–H groups in total. The van der Waals surface area contributed by atoms with Gasteiger partial charge in [0.2, 0.25) is 10.0 Å². The van der Waals surface area contributed by atoms with Crippen molar-refractivity contribution in [3.63, 3.8) is 0 Å². The second-order valence-corrected chi connectivity index (χ2v) is 10.6. The second kappa shape index (κ2) is 9.56. The van der Waals surface area contributed by atoms with Crippen molar-refractivity contribution in [3.05, 3.63) is 0 Å². The molecule has 3 aliphatic rings. The highest BCUT2D eigenvalue weighted by Gasteiger charge is 2.27. The Balaban J connectivity index is 1.35. The van der Waals surface area contributed by atoms with Crippen molar-refractivity contribution >= 4 is 16.0 Å². The number of hydrogen-bond donors (Lipinski definition) is 2. The summed E-state index contributed by atoms with van der Waals surface area (Å²) in [7, 11) is -1.22. The zero-order chi connectivity index (χ0) is 19.3. The molecule has 0 aromatic rings. The number of hydrogen-bond acceptors (Lipinski definition) is 4. The van der Waals surface area contributed by atoms with Gasteiger partial charge in [-0.3, -0.25) is 4.99 Å². The van der Waals surface area contributed by atoms with Crippen molar-refractivity contribution in [2.45, 2.75) is 51.0 Å². The molecule has 2 heterocycles. The molecule has 0 amide bonds. The van der Waals surface area contributed by atoms with Crippen LogP contribution in [-0.2, 0) is 10.0 Å². The van der Waals surface area contributed by atoms with Gasteiger partial charge in [-0.15, -0.1) is 0 Å². The van der Waals surface area contributed by atoms with Crippen LogP contribution < -0.4 is 10.6 Å². The molecule has 7 nitrogen and oxygen atoms in total. The molecular weight excluding hydrogens is 362 g/mol. The lowest BCUT2D eigenvalue weighted by Gasteiger charge is -2.30. The van der Waals surface area contributed by atoms with Crippen LogP contribution in [0.3, 0.4) is 0 Å². The minimum atomic E-state index is -3.04. The predicted molar refractivity (Wildman–Crippen MR) is 110 cm³/mol. The van der Waals surface area contributed by atoms with Crippen LogP contribution in [0.4, 0.5) is 0 Å². The Morgan fingerprint density at radius 2 is 1.74 bits per heavy atom. The molecule has 0 bridgehead atoms. The largest absolute Gasteiger partial charge is 0.356 e. The third kappa shape index (κ3) is 6.32. The maximum Gasteiger partial charge on any atom is 0.211 e. The SMILES string of the molecule is CN=C(NCC1CCN(S(C)(=O)=O)CC1)NC1CCN(CC2CCCC2)C1. The zero-order valence-corrected chi connectivity index (χ0v) is 17.8. The number of sulfonamides is 1. The van der Waals surface area contributed by atoms with Gasteiger partial charge in [0.05, 0.1) is 6.26 Å². The van der Waals surface area contributed by atoms with Crippen molar-refractivity contribution in [3.8, 4) is 0 Å². The van der Waals surface area contributed by atoms with Crippen LogP contribution in [-0.4, -0.2) is 82.2 Å². The van der Waals surface area contributed by atoms with Gasteiger partial charge in [-0.05, 0) is 43.9 Å². The zero-order valence-electron chi connectivity index (χ0n) is 17.0. The van der Waals surface area contributed by atoms with Gasteiger partial charge in [-0.2, -0.15) is 0 Å². The van der Waals surface area contributed by atoms with Crippen LogP contribution in [0.2, 0.25) is 0 Å². The maximum absolute atomic E-state index is 11.6. The lowest BCUT2D eigenvalue weighted by atomic mass is 9.98. The summed E-state index contributed by atoms with van der Waals surface area (Å²) in [5, 5.41) is 7.04. The molecule has 1 aliphatic carbocycles. The van der Waals surface area contributed by atoms with E-state index in [0.29, 0.717) is 25.0 Å². The number of likely N-dealkylation sites (tertiary alicyclic amines) is 1. The fourth-order valence-corrected chi connectivity index (χ4v) is 5.62. The Bertz CT molecular complexity index is 595. The summed E-state index contributed by atoms with van der Waals surface area (Å²) in [5.74, 6) is 2.30. The molecule has 0 radical (unpaired) electrons. The van der Waals surface area contributed by atoms with Crippen molar-refractivity contribution in [2.24, 2.45) is 16.8 Å². The average Bonchev–Trinajstić information content (AvgIpc) is 3.30. The van der Waals surface area contributed by atoms with E-state index in [0.717, 1.165) is 37.8 Å². The third-order valence-electron chi connectivity index (χ3n) is 6.43. The third-order valence-corrected chi connectivity index (χ3v) is 7.73. The molecule has 3 rings (SSSR count). The number of rotatable bonds is 6. The highest BCUT2D eigenvalue weighted by molar-refractivity contribution is 7.88. The normalized spacial score (nSPS) is 27.3. The van der Waals surface area contributed by atoms with Crippen LogP contribution in [0.1, 0.15) is 44.9 Å². The molecule has 3 fully saturated rings. The molecule has 0 aromatic carbocycles. The molecule has 1 saturated carbocycles. The molecule has 2 aliphatic heterocycles. The van der Waals surface area contributed by atoms with E-state index in [9.17, 15) is 8.42 Å². The van der Waals surface area contributed by atoms with E-state index in [4.69, 9.17) is 0 Å². The van der Waals surface area contributed by atoms with Gasteiger partial charge in [0.1, 0.15) is 0 Å². The summed E-state index contributed by atoms with van der Waals surface area (Å²) in [6.45, 7) is 5.70. The van der Waals surface area contributed by atoms with Crippen LogP contribution >= 0.6 is 0 Å². The summed E-state index contributed by atoms with van der Waals surface area (Å²) in [5.41, 5.74) is 0. The topological polar surface area (TPSA) is 77.0 Å². The Labute approximate surface area is 165 Å². The minimum absolute atomic E-state index is 0.477. The summed E-state index contributed by atoms with van der Waals surface area (Å²) in [6, 6.07) is 0.477. The van der Waals surface area contributed by atoms with Crippen molar-refractivity contribution in [1.82, 2.24) is 19.8 Å². The van der Waals surface area contributed by atoms with Crippen LogP contribution in [0, 0.1) is 11.8 Å². The highest BCUT2D eigenvalue weighted by Crippen LogP contribution is 2.26. The van der Waals surface area contributed by atoms with Gasteiger partial charge >= 0.3 is 0 Å². The molecule has 27 heavy (non-hydrogen) atoms.